The molecule has 5 nitrogen and oxygen atoms in total. The highest BCUT2D eigenvalue weighted by Crippen LogP contribution is 2.53. The number of hydrogen-bond donors (Lipinski definition) is 0. The summed E-state index contributed by atoms with van der Waals surface area (Å²) in [6, 6.07) is 24.3. The molecule has 0 spiro atoms. The van der Waals surface area contributed by atoms with Gasteiger partial charge in [-0.15, -0.1) is 0 Å². The van der Waals surface area contributed by atoms with Crippen molar-refractivity contribution in [2.24, 2.45) is 23.7 Å². The van der Waals surface area contributed by atoms with Crippen LogP contribution in [0.25, 0.3) is 11.1 Å². The Labute approximate surface area is 197 Å². The molecule has 1 aliphatic heterocycles. The van der Waals surface area contributed by atoms with Gasteiger partial charge in [-0.05, 0) is 41.5 Å². The molecule has 3 aliphatic rings. The van der Waals surface area contributed by atoms with Crippen LogP contribution in [-0.2, 0) is 9.59 Å². The molecule has 6 rings (SSSR count). The van der Waals surface area contributed by atoms with Crippen molar-refractivity contribution in [3.05, 3.63) is 96.6 Å². The molecule has 0 N–H and O–H groups in total. The molecule has 5 heteroatoms. The van der Waals surface area contributed by atoms with E-state index in [0.717, 1.165) is 17.5 Å². The Kier molecular flexibility index (Phi) is 4.91. The molecule has 1 heterocycles. The number of carbonyl (C=O) groups excluding carboxylic acids is 3. The van der Waals surface area contributed by atoms with E-state index >= 15 is 0 Å². The average Bonchev–Trinajstić information content (AvgIpc) is 3.57. The fourth-order valence-corrected chi connectivity index (χ4v) is 5.61. The number of amides is 2. The first-order chi connectivity index (χ1) is 16.6. The van der Waals surface area contributed by atoms with Crippen LogP contribution in [0.15, 0.2) is 91.0 Å². The third kappa shape index (κ3) is 3.27. The highest BCUT2D eigenvalue weighted by Gasteiger charge is 2.59. The van der Waals surface area contributed by atoms with Crippen molar-refractivity contribution >= 4 is 23.3 Å². The van der Waals surface area contributed by atoms with Crippen LogP contribution in [0.2, 0.25) is 0 Å². The van der Waals surface area contributed by atoms with E-state index in [4.69, 9.17) is 4.74 Å². The van der Waals surface area contributed by atoms with Crippen molar-refractivity contribution < 1.29 is 19.1 Å². The maximum Gasteiger partial charge on any atom is 0.238 e. The van der Waals surface area contributed by atoms with Crippen molar-refractivity contribution in [2.45, 2.75) is 6.42 Å². The lowest BCUT2D eigenvalue weighted by Crippen LogP contribution is -2.33. The van der Waals surface area contributed by atoms with Crippen molar-refractivity contribution in [3.63, 3.8) is 0 Å². The molecule has 1 saturated heterocycles. The first-order valence-electron chi connectivity index (χ1n) is 11.6. The highest BCUT2D eigenvalue weighted by molar-refractivity contribution is 6.23. The lowest BCUT2D eigenvalue weighted by atomic mass is 9.85. The number of Topliss-reactive ketones (excluding diaryl/α,β-unsaturated/α-hetero) is 1. The Balaban J connectivity index is 1.18. The maximum atomic E-state index is 13.2. The molecule has 0 radical (unpaired) electrons. The third-order valence-corrected chi connectivity index (χ3v) is 7.25. The van der Waals surface area contributed by atoms with Crippen LogP contribution in [0, 0.1) is 23.7 Å². The van der Waals surface area contributed by atoms with Crippen LogP contribution in [0.1, 0.15) is 16.8 Å². The van der Waals surface area contributed by atoms with Crippen LogP contribution in [-0.4, -0.2) is 24.2 Å². The minimum absolute atomic E-state index is 0.143. The first-order valence-corrected chi connectivity index (χ1v) is 11.6. The summed E-state index contributed by atoms with van der Waals surface area (Å²) in [5.41, 5.74) is 3.07. The number of anilines is 1. The smallest absolute Gasteiger partial charge is 0.238 e. The SMILES string of the molecule is O=C(COc1ccccc1N1C(=O)[C@@H]2[C@H](C1=O)[C@H]1C=C[C@H]2C1)c1ccc(-c2ccccc2)cc1. The number of allylic oxidation sites excluding steroid dienone is 2. The standard InChI is InChI=1S/C29H23NO4/c31-24(20-12-10-19(11-13-20)18-6-2-1-3-7-18)17-34-25-9-5-4-8-23(25)30-28(32)26-21-14-15-22(16-21)27(26)29(30)33/h1-15,21-22,26-27H,16-17H2/t21-,22-,26-,27+/m0/s1. The Morgan fingerprint density at radius 3 is 2.03 bits per heavy atom. The van der Waals surface area contributed by atoms with E-state index in [-0.39, 0.29) is 47.9 Å². The summed E-state index contributed by atoms with van der Waals surface area (Å²) in [6.45, 7) is -0.183. The Hall–Kier alpha value is -3.99. The fraction of sp³-hybridized carbons (Fsp3) is 0.207. The van der Waals surface area contributed by atoms with Gasteiger partial charge in [0.1, 0.15) is 5.75 Å². The summed E-state index contributed by atoms with van der Waals surface area (Å²) >= 11 is 0. The minimum Gasteiger partial charge on any atom is -0.483 e. The lowest BCUT2D eigenvalue weighted by molar-refractivity contribution is -0.123. The van der Waals surface area contributed by atoms with Gasteiger partial charge in [0.05, 0.1) is 17.5 Å². The lowest BCUT2D eigenvalue weighted by Gasteiger charge is -2.20. The Bertz CT molecular complexity index is 1280. The van der Waals surface area contributed by atoms with E-state index in [1.54, 1.807) is 36.4 Å². The Morgan fingerprint density at radius 2 is 1.35 bits per heavy atom. The number of fused-ring (bicyclic) bond motifs is 5. The zero-order valence-electron chi connectivity index (χ0n) is 18.5. The van der Waals surface area contributed by atoms with E-state index in [1.807, 2.05) is 42.5 Å². The number of ether oxygens (including phenoxy) is 1. The molecule has 2 fully saturated rings. The van der Waals surface area contributed by atoms with Gasteiger partial charge in [0.25, 0.3) is 0 Å². The molecule has 3 aromatic rings. The first kappa shape index (κ1) is 20.6. The number of nitrogens with zero attached hydrogens (tertiary/aromatic N) is 1. The second kappa shape index (κ2) is 8.10. The van der Waals surface area contributed by atoms with E-state index < -0.39 is 0 Å². The summed E-state index contributed by atoms with van der Waals surface area (Å²) in [5.74, 6) is -0.404. The zero-order chi connectivity index (χ0) is 23.2. The van der Waals surface area contributed by atoms with Crippen molar-refractivity contribution in [1.29, 1.82) is 0 Å². The summed E-state index contributed by atoms with van der Waals surface area (Å²) in [6.07, 6.45) is 5.03. The molecule has 0 aromatic heterocycles. The average molecular weight is 450 g/mol. The van der Waals surface area contributed by atoms with E-state index in [9.17, 15) is 14.4 Å². The number of para-hydroxylation sites is 2. The Morgan fingerprint density at radius 1 is 0.765 bits per heavy atom. The van der Waals surface area contributed by atoms with Crippen LogP contribution in [0.5, 0.6) is 5.75 Å². The van der Waals surface area contributed by atoms with Gasteiger partial charge in [0.2, 0.25) is 11.8 Å². The predicted molar refractivity (Wildman–Crippen MR) is 128 cm³/mol. The van der Waals surface area contributed by atoms with Crippen molar-refractivity contribution in [3.8, 4) is 16.9 Å². The van der Waals surface area contributed by atoms with Gasteiger partial charge >= 0.3 is 0 Å². The summed E-state index contributed by atoms with van der Waals surface area (Å²) in [4.78, 5) is 40.5. The molecule has 2 bridgehead atoms. The highest BCUT2D eigenvalue weighted by atomic mass is 16.5. The minimum atomic E-state index is -0.277. The summed E-state index contributed by atoms with van der Waals surface area (Å²) in [7, 11) is 0. The molecular weight excluding hydrogens is 426 g/mol. The van der Waals surface area contributed by atoms with E-state index in [2.05, 4.69) is 12.2 Å². The normalized spacial score (nSPS) is 24.5. The molecule has 4 atom stereocenters. The zero-order valence-corrected chi connectivity index (χ0v) is 18.5. The second-order valence-corrected chi connectivity index (χ2v) is 9.13. The van der Waals surface area contributed by atoms with Crippen LogP contribution >= 0.6 is 0 Å². The molecule has 168 valence electrons. The fourth-order valence-electron chi connectivity index (χ4n) is 5.61. The molecule has 3 aromatic carbocycles. The molecule has 2 aliphatic carbocycles. The van der Waals surface area contributed by atoms with Gasteiger partial charge in [-0.1, -0.05) is 78.9 Å². The van der Waals surface area contributed by atoms with Gasteiger partial charge in [-0.25, -0.2) is 4.90 Å². The molecule has 0 unspecified atom stereocenters. The van der Waals surface area contributed by atoms with Crippen LogP contribution in [0.4, 0.5) is 5.69 Å². The quantitative estimate of drug-likeness (QED) is 0.304. The van der Waals surface area contributed by atoms with Gasteiger partial charge in [-0.2, -0.15) is 0 Å². The molecule has 1 saturated carbocycles. The molecule has 34 heavy (non-hydrogen) atoms. The van der Waals surface area contributed by atoms with E-state index in [1.165, 1.54) is 4.90 Å². The number of benzene rings is 3. The van der Waals surface area contributed by atoms with Crippen LogP contribution < -0.4 is 9.64 Å². The van der Waals surface area contributed by atoms with Crippen molar-refractivity contribution in [1.82, 2.24) is 0 Å². The van der Waals surface area contributed by atoms with Gasteiger partial charge in [0, 0.05) is 5.56 Å². The van der Waals surface area contributed by atoms with Crippen LogP contribution in [0.3, 0.4) is 0 Å². The summed E-state index contributed by atoms with van der Waals surface area (Å²) < 4.78 is 5.86. The maximum absolute atomic E-state index is 13.2. The number of ketones is 1. The predicted octanol–water partition coefficient (Wildman–Crippen LogP) is 4.93. The van der Waals surface area contributed by atoms with Gasteiger partial charge in [-0.3, -0.25) is 14.4 Å². The second-order valence-electron chi connectivity index (χ2n) is 9.13. The third-order valence-electron chi connectivity index (χ3n) is 7.25. The monoisotopic (exact) mass is 449 g/mol. The topological polar surface area (TPSA) is 63.7 Å². The van der Waals surface area contributed by atoms with E-state index in [0.29, 0.717) is 17.0 Å². The largest absolute Gasteiger partial charge is 0.483 e. The number of rotatable bonds is 6. The number of hydrogen-bond acceptors (Lipinski definition) is 4. The van der Waals surface area contributed by atoms with Gasteiger partial charge in [0.15, 0.2) is 12.4 Å². The number of imide groups is 1. The molecular formula is C29H23NO4. The summed E-state index contributed by atoms with van der Waals surface area (Å²) in [5, 5.41) is 0. The number of carbonyl (C=O) groups is 3. The van der Waals surface area contributed by atoms with Gasteiger partial charge < -0.3 is 4.74 Å². The molecule has 2 amide bonds. The van der Waals surface area contributed by atoms with Crippen molar-refractivity contribution in [2.75, 3.05) is 11.5 Å².